The van der Waals surface area contributed by atoms with Crippen molar-refractivity contribution in [3.05, 3.63) is 76.5 Å². The predicted molar refractivity (Wildman–Crippen MR) is 132 cm³/mol. The highest BCUT2D eigenvalue weighted by Gasteiger charge is 2.22. The predicted octanol–water partition coefficient (Wildman–Crippen LogP) is 6.25. The Labute approximate surface area is 188 Å². The quantitative estimate of drug-likeness (QED) is 0.354. The summed E-state index contributed by atoms with van der Waals surface area (Å²) < 4.78 is 3.87. The minimum atomic E-state index is -0.0851. The summed E-state index contributed by atoms with van der Waals surface area (Å²) in [6.45, 7) is 4.43. The Morgan fingerprint density at radius 3 is 2.56 bits per heavy atom. The largest absolute Gasteiger partial charge is 0.344 e. The topological polar surface area (TPSA) is 52.2 Å². The minimum Gasteiger partial charge on any atom is -0.344 e. The van der Waals surface area contributed by atoms with Gasteiger partial charge >= 0.3 is 0 Å². The monoisotopic (exact) mass is 426 g/mol. The van der Waals surface area contributed by atoms with E-state index >= 15 is 0 Å². The number of aromatic nitrogens is 3. The van der Waals surface area contributed by atoms with E-state index in [4.69, 9.17) is 10.1 Å². The van der Waals surface area contributed by atoms with Crippen molar-refractivity contribution in [1.82, 2.24) is 14.2 Å². The lowest BCUT2D eigenvalue weighted by Gasteiger charge is -2.22. The molecule has 0 aliphatic heterocycles. The summed E-state index contributed by atoms with van der Waals surface area (Å²) in [4.78, 5) is 18.4. The number of hydrogen-bond acceptors (Lipinski definition) is 3. The molecule has 0 N–H and O–H groups in total. The number of rotatable bonds is 5. The molecule has 2 heterocycles. The molecule has 1 atom stereocenters. The summed E-state index contributed by atoms with van der Waals surface area (Å²) in [5.41, 5.74) is 2.89. The molecule has 5 rings (SSSR count). The number of fused-ring (bicyclic) bond motifs is 2. The maximum Gasteiger partial charge on any atom is 0.282 e. The van der Waals surface area contributed by atoms with Crippen LogP contribution in [0.1, 0.15) is 75.7 Å². The van der Waals surface area contributed by atoms with Gasteiger partial charge in [0.25, 0.3) is 5.56 Å². The molecule has 0 saturated heterocycles. The van der Waals surface area contributed by atoms with Crippen LogP contribution in [-0.2, 0) is 0 Å². The lowest BCUT2D eigenvalue weighted by molar-refractivity contribution is 0.416. The van der Waals surface area contributed by atoms with Gasteiger partial charge in [-0.15, -0.1) is 0 Å². The van der Waals surface area contributed by atoms with Crippen LogP contribution in [0.2, 0.25) is 0 Å². The Balaban J connectivity index is 1.65. The first-order chi connectivity index (χ1) is 15.7. The number of nitrogens with zero attached hydrogens (tertiary/aromatic N) is 4. The molecular weight excluding hydrogens is 396 g/mol. The van der Waals surface area contributed by atoms with Gasteiger partial charge in [-0.25, -0.2) is 4.98 Å². The van der Waals surface area contributed by atoms with E-state index in [9.17, 15) is 4.79 Å². The van der Waals surface area contributed by atoms with Crippen molar-refractivity contribution in [2.75, 3.05) is 0 Å². The fourth-order valence-corrected chi connectivity index (χ4v) is 4.89. The van der Waals surface area contributed by atoms with Gasteiger partial charge in [0.2, 0.25) is 0 Å². The fraction of sp³-hybridized carbons (Fsp3) is 0.370. The van der Waals surface area contributed by atoms with E-state index in [1.807, 2.05) is 30.5 Å². The van der Waals surface area contributed by atoms with Crippen molar-refractivity contribution in [2.24, 2.45) is 5.10 Å². The summed E-state index contributed by atoms with van der Waals surface area (Å²) in [5, 5.41) is 6.52. The Bertz CT molecular complexity index is 1340. The van der Waals surface area contributed by atoms with E-state index in [0.717, 1.165) is 41.6 Å². The Morgan fingerprint density at radius 2 is 1.78 bits per heavy atom. The molecule has 2 aromatic heterocycles. The molecule has 1 aliphatic rings. The van der Waals surface area contributed by atoms with Crippen molar-refractivity contribution in [2.45, 2.75) is 64.3 Å². The zero-order chi connectivity index (χ0) is 22.1. The second-order valence-corrected chi connectivity index (χ2v) is 8.95. The van der Waals surface area contributed by atoms with Crippen molar-refractivity contribution >= 4 is 28.0 Å². The average Bonchev–Trinajstić information content (AvgIpc) is 3.22. The highest BCUT2D eigenvalue weighted by molar-refractivity contribution is 5.99. The molecule has 0 spiro atoms. The minimum absolute atomic E-state index is 0.0851. The van der Waals surface area contributed by atoms with E-state index in [1.54, 1.807) is 4.68 Å². The van der Waals surface area contributed by atoms with Crippen LogP contribution in [0.4, 0.5) is 0 Å². The molecule has 1 aliphatic carbocycles. The third-order valence-corrected chi connectivity index (χ3v) is 6.90. The van der Waals surface area contributed by atoms with E-state index in [2.05, 4.69) is 48.9 Å². The third kappa shape index (κ3) is 3.66. The molecule has 5 nitrogen and oxygen atoms in total. The molecule has 1 fully saturated rings. The van der Waals surface area contributed by atoms with Crippen LogP contribution < -0.4 is 5.56 Å². The van der Waals surface area contributed by atoms with Gasteiger partial charge in [0.15, 0.2) is 0 Å². The SMILES string of the molecule is CC[C@@H](C)n1cc(C=Nn2c(C3CCCCC3)nc3ccccc3c2=O)c2ccccc21. The first-order valence-electron chi connectivity index (χ1n) is 11.8. The molecule has 5 heteroatoms. The van der Waals surface area contributed by atoms with Gasteiger partial charge in [0.05, 0.1) is 17.1 Å². The van der Waals surface area contributed by atoms with Crippen LogP contribution in [-0.4, -0.2) is 20.4 Å². The number of hydrogen-bond donors (Lipinski definition) is 0. The van der Waals surface area contributed by atoms with E-state index in [-0.39, 0.29) is 11.5 Å². The van der Waals surface area contributed by atoms with Crippen molar-refractivity contribution in [1.29, 1.82) is 0 Å². The molecule has 0 unspecified atom stereocenters. The lowest BCUT2D eigenvalue weighted by Crippen LogP contribution is -2.25. The maximum atomic E-state index is 13.4. The van der Waals surface area contributed by atoms with Crippen LogP contribution in [0.5, 0.6) is 0 Å². The normalized spacial score (nSPS) is 16.3. The molecule has 164 valence electrons. The number of benzene rings is 2. The highest BCUT2D eigenvalue weighted by atomic mass is 16.1. The molecule has 1 saturated carbocycles. The maximum absolute atomic E-state index is 13.4. The molecule has 2 aromatic carbocycles. The summed E-state index contributed by atoms with van der Waals surface area (Å²) >= 11 is 0. The zero-order valence-corrected chi connectivity index (χ0v) is 18.9. The lowest BCUT2D eigenvalue weighted by atomic mass is 9.88. The van der Waals surface area contributed by atoms with Crippen LogP contribution >= 0.6 is 0 Å². The number of para-hydroxylation sites is 2. The van der Waals surface area contributed by atoms with Crippen molar-refractivity contribution < 1.29 is 0 Å². The first-order valence-corrected chi connectivity index (χ1v) is 11.8. The Morgan fingerprint density at radius 1 is 1.06 bits per heavy atom. The summed E-state index contributed by atoms with van der Waals surface area (Å²) in [6, 6.07) is 16.4. The fourth-order valence-electron chi connectivity index (χ4n) is 4.89. The van der Waals surface area contributed by atoms with Crippen molar-refractivity contribution in [3.8, 4) is 0 Å². The summed E-state index contributed by atoms with van der Waals surface area (Å²) in [6.07, 6.45) is 10.8. The van der Waals surface area contributed by atoms with Gasteiger partial charge in [-0.1, -0.05) is 56.5 Å². The van der Waals surface area contributed by atoms with Gasteiger partial charge in [-0.2, -0.15) is 9.78 Å². The van der Waals surface area contributed by atoms with Crippen molar-refractivity contribution in [3.63, 3.8) is 0 Å². The first kappa shape index (κ1) is 20.7. The molecule has 0 bridgehead atoms. The van der Waals surface area contributed by atoms with Gasteiger partial charge in [-0.3, -0.25) is 4.79 Å². The van der Waals surface area contributed by atoms with E-state index in [0.29, 0.717) is 11.4 Å². The smallest absolute Gasteiger partial charge is 0.282 e. The molecule has 4 aromatic rings. The highest BCUT2D eigenvalue weighted by Crippen LogP contribution is 2.32. The van der Waals surface area contributed by atoms with Crippen LogP contribution in [0.25, 0.3) is 21.8 Å². The van der Waals surface area contributed by atoms with Gasteiger partial charge in [0, 0.05) is 34.6 Å². The van der Waals surface area contributed by atoms with Gasteiger partial charge < -0.3 is 4.57 Å². The second-order valence-electron chi connectivity index (χ2n) is 8.95. The second kappa shape index (κ2) is 8.73. The molecular formula is C27H30N4O. The average molecular weight is 427 g/mol. The third-order valence-electron chi connectivity index (χ3n) is 6.90. The Kier molecular flexibility index (Phi) is 5.64. The molecule has 0 radical (unpaired) electrons. The summed E-state index contributed by atoms with van der Waals surface area (Å²) in [5.74, 6) is 1.08. The van der Waals surface area contributed by atoms with E-state index < -0.39 is 0 Å². The van der Waals surface area contributed by atoms with Crippen LogP contribution in [0, 0.1) is 0 Å². The van der Waals surface area contributed by atoms with Crippen LogP contribution in [0.3, 0.4) is 0 Å². The van der Waals surface area contributed by atoms with E-state index in [1.165, 1.54) is 24.8 Å². The molecule has 0 amide bonds. The standard InChI is InChI=1S/C27H30N4O/c1-3-19(2)30-18-21(22-13-8-10-16-25(22)30)17-28-31-26(20-11-5-4-6-12-20)29-24-15-9-7-14-23(24)27(31)32/h7-10,13-20H,3-6,11-12H2,1-2H3/t19-/m1/s1. The van der Waals surface area contributed by atoms with Gasteiger partial charge in [0.1, 0.15) is 5.82 Å². The van der Waals surface area contributed by atoms with Crippen LogP contribution in [0.15, 0.2) is 64.6 Å². The summed E-state index contributed by atoms with van der Waals surface area (Å²) in [7, 11) is 0. The zero-order valence-electron chi connectivity index (χ0n) is 18.9. The molecule has 32 heavy (non-hydrogen) atoms. The van der Waals surface area contributed by atoms with Gasteiger partial charge in [-0.05, 0) is 44.4 Å². The Hall–Kier alpha value is -3.21.